The molecule has 0 aliphatic carbocycles. The third-order valence-corrected chi connectivity index (χ3v) is 3.03. The molecule has 4 heteroatoms. The minimum atomic E-state index is 0.251. The summed E-state index contributed by atoms with van der Waals surface area (Å²) in [6.45, 7) is 2.00. The van der Waals surface area contributed by atoms with Gasteiger partial charge in [0.1, 0.15) is 0 Å². The van der Waals surface area contributed by atoms with E-state index in [0.29, 0.717) is 11.9 Å². The molecule has 1 aliphatic rings. The lowest BCUT2D eigenvalue weighted by Crippen LogP contribution is -2.42. The van der Waals surface area contributed by atoms with Crippen molar-refractivity contribution < 1.29 is 5.11 Å². The molecular formula is C12H19N3O. The molecule has 0 radical (unpaired) electrons. The Balaban J connectivity index is 1.96. The van der Waals surface area contributed by atoms with Gasteiger partial charge in [-0.2, -0.15) is 0 Å². The molecule has 1 atom stereocenters. The highest BCUT2D eigenvalue weighted by Gasteiger charge is 2.16. The molecule has 0 bridgehead atoms. The zero-order valence-electron chi connectivity index (χ0n) is 9.69. The summed E-state index contributed by atoms with van der Waals surface area (Å²) in [5.41, 5.74) is 0. The molecule has 16 heavy (non-hydrogen) atoms. The van der Waals surface area contributed by atoms with Crippen LogP contribution in [0.25, 0.3) is 0 Å². The van der Waals surface area contributed by atoms with Crippen LogP contribution in [0, 0.1) is 0 Å². The summed E-state index contributed by atoms with van der Waals surface area (Å²) in [5.74, 6) is 0.913. The third-order valence-electron chi connectivity index (χ3n) is 3.03. The number of piperidine rings is 1. The smallest absolute Gasteiger partial charge is 0.170 e. The van der Waals surface area contributed by atoms with Crippen molar-refractivity contribution in [2.75, 3.05) is 25.0 Å². The van der Waals surface area contributed by atoms with Crippen molar-refractivity contribution >= 4 is 5.82 Å². The second kappa shape index (κ2) is 5.16. The number of rotatable bonds is 3. The van der Waals surface area contributed by atoms with E-state index in [9.17, 15) is 5.11 Å². The maximum absolute atomic E-state index is 9.69. The average Bonchev–Trinajstić information content (AvgIpc) is 2.31. The summed E-state index contributed by atoms with van der Waals surface area (Å²) in [7, 11) is 1.97. The molecule has 0 spiro atoms. The molecule has 1 saturated heterocycles. The zero-order valence-corrected chi connectivity index (χ0v) is 9.69. The van der Waals surface area contributed by atoms with Crippen LogP contribution in [0.2, 0.25) is 0 Å². The number of pyridine rings is 1. The largest absolute Gasteiger partial charge is 0.504 e. The van der Waals surface area contributed by atoms with Crippen molar-refractivity contribution in [1.29, 1.82) is 0 Å². The van der Waals surface area contributed by atoms with Gasteiger partial charge in [-0.3, -0.25) is 0 Å². The van der Waals surface area contributed by atoms with Gasteiger partial charge in [0.05, 0.1) is 0 Å². The lowest BCUT2D eigenvalue weighted by atomic mass is 10.0. The summed E-state index contributed by atoms with van der Waals surface area (Å²) in [6.07, 6.45) is 5.48. The molecule has 1 aromatic heterocycles. The van der Waals surface area contributed by atoms with Crippen molar-refractivity contribution in [3.8, 4) is 5.75 Å². The molecule has 1 fully saturated rings. The van der Waals surface area contributed by atoms with E-state index >= 15 is 0 Å². The van der Waals surface area contributed by atoms with Gasteiger partial charge in [0.25, 0.3) is 0 Å². The molecule has 4 nitrogen and oxygen atoms in total. The molecule has 0 aromatic carbocycles. The first-order valence-corrected chi connectivity index (χ1v) is 5.86. The van der Waals surface area contributed by atoms with Gasteiger partial charge in [-0.05, 0) is 31.5 Å². The van der Waals surface area contributed by atoms with Crippen molar-refractivity contribution in [1.82, 2.24) is 10.3 Å². The summed E-state index contributed by atoms with van der Waals surface area (Å²) < 4.78 is 0. The SMILES string of the molecule is CN(C[C@@H]1CCCCN1)c1ncccc1O. The number of hydrogen-bond donors (Lipinski definition) is 2. The Kier molecular flexibility index (Phi) is 3.62. The molecule has 0 saturated carbocycles. The van der Waals surface area contributed by atoms with Crippen molar-refractivity contribution in [2.45, 2.75) is 25.3 Å². The maximum atomic E-state index is 9.69. The Bertz CT molecular complexity index is 337. The fourth-order valence-corrected chi connectivity index (χ4v) is 2.18. The van der Waals surface area contributed by atoms with Crippen molar-refractivity contribution in [3.63, 3.8) is 0 Å². The first-order valence-electron chi connectivity index (χ1n) is 5.86. The summed E-state index contributed by atoms with van der Waals surface area (Å²) in [4.78, 5) is 6.20. The molecule has 2 heterocycles. The number of hydrogen-bond acceptors (Lipinski definition) is 4. The lowest BCUT2D eigenvalue weighted by Gasteiger charge is -2.28. The van der Waals surface area contributed by atoms with Crippen molar-refractivity contribution in [2.24, 2.45) is 0 Å². The zero-order chi connectivity index (χ0) is 11.4. The number of anilines is 1. The first kappa shape index (κ1) is 11.2. The Morgan fingerprint density at radius 3 is 3.12 bits per heavy atom. The highest BCUT2D eigenvalue weighted by atomic mass is 16.3. The van der Waals surface area contributed by atoms with Gasteiger partial charge in [0.15, 0.2) is 11.6 Å². The van der Waals surface area contributed by atoms with Crippen LogP contribution >= 0.6 is 0 Å². The van der Waals surface area contributed by atoms with Crippen LogP contribution in [0.15, 0.2) is 18.3 Å². The summed E-state index contributed by atoms with van der Waals surface area (Å²) in [6, 6.07) is 3.93. The predicted molar refractivity (Wildman–Crippen MR) is 64.8 cm³/mol. The number of likely N-dealkylation sites (N-methyl/N-ethyl adjacent to an activating group) is 1. The Morgan fingerprint density at radius 1 is 1.56 bits per heavy atom. The standard InChI is InChI=1S/C12H19N3O/c1-15(9-10-5-2-3-7-13-10)12-11(16)6-4-8-14-12/h4,6,8,10,13,16H,2-3,5,7,9H2,1H3/t10-/m0/s1. The van der Waals surface area contributed by atoms with E-state index < -0.39 is 0 Å². The highest BCUT2D eigenvalue weighted by Crippen LogP contribution is 2.22. The van der Waals surface area contributed by atoms with Gasteiger partial charge in [0, 0.05) is 25.8 Å². The molecule has 2 N–H and O–H groups in total. The quantitative estimate of drug-likeness (QED) is 0.809. The molecule has 1 aromatic rings. The minimum absolute atomic E-state index is 0.251. The topological polar surface area (TPSA) is 48.4 Å². The van der Waals surface area contributed by atoms with Crippen molar-refractivity contribution in [3.05, 3.63) is 18.3 Å². The van der Waals surface area contributed by atoms with Crippen LogP contribution in [0.1, 0.15) is 19.3 Å². The van der Waals surface area contributed by atoms with Crippen LogP contribution in [0.4, 0.5) is 5.82 Å². The second-order valence-corrected chi connectivity index (χ2v) is 4.37. The van der Waals surface area contributed by atoms with E-state index in [1.807, 2.05) is 11.9 Å². The third kappa shape index (κ3) is 2.64. The molecule has 0 amide bonds. The van der Waals surface area contributed by atoms with E-state index in [1.165, 1.54) is 19.3 Å². The monoisotopic (exact) mass is 221 g/mol. The molecule has 88 valence electrons. The predicted octanol–water partition coefficient (Wildman–Crippen LogP) is 1.37. The second-order valence-electron chi connectivity index (χ2n) is 4.37. The van der Waals surface area contributed by atoms with E-state index in [4.69, 9.17) is 0 Å². The average molecular weight is 221 g/mol. The van der Waals surface area contributed by atoms with Gasteiger partial charge in [-0.25, -0.2) is 4.98 Å². The molecular weight excluding hydrogens is 202 g/mol. The van der Waals surface area contributed by atoms with Crippen LogP contribution in [-0.2, 0) is 0 Å². The van der Waals surface area contributed by atoms with Gasteiger partial charge in [-0.1, -0.05) is 6.42 Å². The van der Waals surface area contributed by atoms with E-state index in [-0.39, 0.29) is 5.75 Å². The number of aromatic hydroxyl groups is 1. The van der Waals surface area contributed by atoms with E-state index in [2.05, 4.69) is 10.3 Å². The molecule has 1 aliphatic heterocycles. The van der Waals surface area contributed by atoms with Gasteiger partial charge in [-0.15, -0.1) is 0 Å². The minimum Gasteiger partial charge on any atom is -0.504 e. The number of nitrogens with one attached hydrogen (secondary N) is 1. The van der Waals surface area contributed by atoms with Crippen LogP contribution in [0.3, 0.4) is 0 Å². The summed E-state index contributed by atoms with van der Waals surface area (Å²) >= 11 is 0. The molecule has 0 unspecified atom stereocenters. The van der Waals surface area contributed by atoms with E-state index in [0.717, 1.165) is 13.1 Å². The lowest BCUT2D eigenvalue weighted by molar-refractivity contribution is 0.401. The fourth-order valence-electron chi connectivity index (χ4n) is 2.18. The van der Waals surface area contributed by atoms with Gasteiger partial charge < -0.3 is 15.3 Å². The Morgan fingerprint density at radius 2 is 2.44 bits per heavy atom. The van der Waals surface area contributed by atoms with E-state index in [1.54, 1.807) is 18.3 Å². The van der Waals surface area contributed by atoms with Gasteiger partial charge >= 0.3 is 0 Å². The van der Waals surface area contributed by atoms with Gasteiger partial charge in [0.2, 0.25) is 0 Å². The van der Waals surface area contributed by atoms with Crippen LogP contribution in [0.5, 0.6) is 5.75 Å². The number of aromatic nitrogens is 1. The fraction of sp³-hybridized carbons (Fsp3) is 0.583. The Hall–Kier alpha value is -1.29. The summed E-state index contributed by atoms with van der Waals surface area (Å²) in [5, 5.41) is 13.2. The Labute approximate surface area is 96.3 Å². The first-order chi connectivity index (χ1) is 7.77. The highest BCUT2D eigenvalue weighted by molar-refractivity contribution is 5.50. The van der Waals surface area contributed by atoms with Crippen LogP contribution < -0.4 is 10.2 Å². The maximum Gasteiger partial charge on any atom is 0.170 e. The molecule has 2 rings (SSSR count). The number of nitrogens with zero attached hydrogens (tertiary/aromatic N) is 2. The normalized spacial score (nSPS) is 20.7. The van der Waals surface area contributed by atoms with Crippen LogP contribution in [-0.4, -0.2) is 36.3 Å².